The van der Waals surface area contributed by atoms with Gasteiger partial charge < -0.3 is 24.8 Å². The second-order valence-corrected chi connectivity index (χ2v) is 14.2. The van der Waals surface area contributed by atoms with Crippen LogP contribution in [0, 0.1) is 0 Å². The Kier molecular flexibility index (Phi) is 9.58. The summed E-state index contributed by atoms with van der Waals surface area (Å²) >= 11 is 7.97. The normalized spacial score (nSPS) is 17.6. The summed E-state index contributed by atoms with van der Waals surface area (Å²) < 4.78 is 1.62. The van der Waals surface area contributed by atoms with Gasteiger partial charge in [0.25, 0.3) is 0 Å². The second kappa shape index (κ2) is 9.16. The Morgan fingerprint density at radius 3 is 2.35 bits per heavy atom. The molecule has 5 heteroatoms. The van der Waals surface area contributed by atoms with Gasteiger partial charge in [0, 0.05) is 0 Å². The number of rotatable bonds is 5. The minimum atomic E-state index is -1.39. The second-order valence-electron chi connectivity index (χ2n) is 5.68. The molecule has 0 saturated heterocycles. The molecule has 0 nitrogen and oxygen atoms in total. The maximum atomic E-state index is 6.39. The van der Waals surface area contributed by atoms with Crippen LogP contribution < -0.4 is 24.8 Å². The molecule has 0 bridgehead atoms. The molecule has 0 aromatic rings. The molecule has 109 valence electrons. The van der Waals surface area contributed by atoms with Crippen molar-refractivity contribution in [3.8, 4) is 0 Å². The summed E-state index contributed by atoms with van der Waals surface area (Å²) in [6, 6.07) is 1.22. The minimum absolute atomic E-state index is 0. The zero-order valence-corrected chi connectivity index (χ0v) is 17.7. The van der Waals surface area contributed by atoms with Crippen LogP contribution in [0.1, 0.15) is 25.7 Å². The van der Waals surface area contributed by atoms with Gasteiger partial charge in [-0.15, -0.1) is 0 Å². The molecule has 0 N–H and O–H groups in total. The fraction of sp³-hybridized carbons (Fsp3) is 0.467. The topological polar surface area (TPSA) is 0 Å². The van der Waals surface area contributed by atoms with E-state index in [1.165, 1.54) is 30.9 Å². The summed E-state index contributed by atoms with van der Waals surface area (Å²) in [5, 5.41) is 0. The van der Waals surface area contributed by atoms with E-state index >= 15 is 0 Å². The van der Waals surface area contributed by atoms with Crippen LogP contribution in [0.15, 0.2) is 44.3 Å². The van der Waals surface area contributed by atoms with Crippen LogP contribution in [0.3, 0.4) is 0 Å². The molecule has 0 fully saturated rings. The molecular formula is C15H20Cl3SiZr. The summed E-state index contributed by atoms with van der Waals surface area (Å²) in [5.41, 5.74) is 4.69. The van der Waals surface area contributed by atoms with Crippen molar-refractivity contribution >= 4 is 18.5 Å². The van der Waals surface area contributed by atoms with E-state index in [-0.39, 0.29) is 24.8 Å². The molecule has 0 spiro atoms. The number of hydrogen-bond donors (Lipinski definition) is 0. The molecule has 0 radical (unpaired) electrons. The first kappa shape index (κ1) is 20.9. The monoisotopic (exact) mass is 423 g/mol. The summed E-state index contributed by atoms with van der Waals surface area (Å²) in [7, 11) is -1.39. The fourth-order valence-corrected chi connectivity index (χ4v) is 4.84. The van der Waals surface area contributed by atoms with E-state index in [0.29, 0.717) is 0 Å². The predicted molar refractivity (Wildman–Crippen MR) is 78.9 cm³/mol. The van der Waals surface area contributed by atoms with E-state index < -0.39 is 7.38 Å². The van der Waals surface area contributed by atoms with Gasteiger partial charge in [-0.05, 0) is 0 Å². The van der Waals surface area contributed by atoms with Gasteiger partial charge in [0.05, 0.1) is 0 Å². The average Bonchev–Trinajstić information content (AvgIpc) is 2.84. The molecule has 2 rings (SSSR count). The zero-order chi connectivity index (χ0) is 13.2. The molecule has 0 saturated carbocycles. The minimum Gasteiger partial charge on any atom is -1.00 e. The van der Waals surface area contributed by atoms with Crippen LogP contribution in [0.2, 0.25) is 19.1 Å². The van der Waals surface area contributed by atoms with Gasteiger partial charge in [0.15, 0.2) is 0 Å². The average molecular weight is 426 g/mol. The Labute approximate surface area is 156 Å². The van der Waals surface area contributed by atoms with Crippen LogP contribution in [-0.2, 0) is 24.7 Å². The number of halogens is 3. The third kappa shape index (κ3) is 5.97. The van der Waals surface area contributed by atoms with Crippen LogP contribution in [-0.4, -0.2) is 7.38 Å². The van der Waals surface area contributed by atoms with E-state index in [9.17, 15) is 0 Å². The standard InChI is InChI=1S/C15H20ClSi.2ClH.Zr/c1-17(2,16)12-6-10-14-9-5-11-15(14)13-7-3-4-8-13;;;/h3,5,7,9H,4,6,10-12H2,1-2H3;2*1H;/q;;;+2/p-2. The van der Waals surface area contributed by atoms with Gasteiger partial charge in [-0.25, -0.2) is 0 Å². The van der Waals surface area contributed by atoms with Gasteiger partial charge in [0.1, 0.15) is 0 Å². The van der Waals surface area contributed by atoms with E-state index in [4.69, 9.17) is 11.1 Å². The Hall–Kier alpha value is 0.930. The summed E-state index contributed by atoms with van der Waals surface area (Å²) in [5.74, 6) is 0. The first-order valence-corrected chi connectivity index (χ1v) is 12.1. The zero-order valence-electron chi connectivity index (χ0n) is 12.0. The number of allylic oxidation sites excluding steroid dienone is 8. The van der Waals surface area contributed by atoms with Crippen molar-refractivity contribution in [2.24, 2.45) is 0 Å². The van der Waals surface area contributed by atoms with Crippen molar-refractivity contribution in [1.29, 1.82) is 0 Å². The van der Waals surface area contributed by atoms with E-state index in [2.05, 4.69) is 37.4 Å². The van der Waals surface area contributed by atoms with Crippen molar-refractivity contribution in [2.45, 2.75) is 44.8 Å². The van der Waals surface area contributed by atoms with Gasteiger partial charge in [-0.1, -0.05) is 0 Å². The maximum Gasteiger partial charge on any atom is -1.00 e. The third-order valence-electron chi connectivity index (χ3n) is 3.50. The molecule has 0 unspecified atom stereocenters. The largest absolute Gasteiger partial charge is 1.00 e. The first-order chi connectivity index (χ1) is 8.47. The summed E-state index contributed by atoms with van der Waals surface area (Å²) in [4.78, 5) is 0. The smallest absolute Gasteiger partial charge is 1.00 e. The molecular weight excluding hydrogens is 406 g/mol. The molecule has 0 aromatic heterocycles. The van der Waals surface area contributed by atoms with Crippen molar-refractivity contribution in [3.05, 3.63) is 44.3 Å². The van der Waals surface area contributed by atoms with Crippen LogP contribution >= 0.6 is 11.1 Å². The summed E-state index contributed by atoms with van der Waals surface area (Å²) in [6.07, 6.45) is 14.0. The Morgan fingerprint density at radius 1 is 1.15 bits per heavy atom. The molecule has 0 aromatic carbocycles. The quantitative estimate of drug-likeness (QED) is 0.401. The molecule has 2 aliphatic carbocycles. The van der Waals surface area contributed by atoms with E-state index in [1.54, 1.807) is 39.1 Å². The Morgan fingerprint density at radius 2 is 1.80 bits per heavy atom. The molecule has 0 amide bonds. The van der Waals surface area contributed by atoms with Crippen LogP contribution in [0.25, 0.3) is 0 Å². The van der Waals surface area contributed by atoms with Crippen molar-refractivity contribution in [3.63, 3.8) is 0 Å². The molecule has 20 heavy (non-hydrogen) atoms. The van der Waals surface area contributed by atoms with Crippen molar-refractivity contribution < 1.29 is 49.5 Å². The van der Waals surface area contributed by atoms with Gasteiger partial charge in [0.2, 0.25) is 0 Å². The molecule has 0 atom stereocenters. The van der Waals surface area contributed by atoms with Gasteiger partial charge in [-0.3, -0.25) is 0 Å². The summed E-state index contributed by atoms with van der Waals surface area (Å²) in [6.45, 7) is 4.48. The van der Waals surface area contributed by atoms with Crippen LogP contribution in [0.5, 0.6) is 0 Å². The Balaban J connectivity index is 0.00000180. The Bertz CT molecular complexity index is 456. The molecule has 0 aliphatic heterocycles. The van der Waals surface area contributed by atoms with E-state index in [1.807, 2.05) is 0 Å². The maximum absolute atomic E-state index is 6.39. The third-order valence-corrected chi connectivity index (χ3v) is 6.78. The molecule has 0 heterocycles. The van der Waals surface area contributed by atoms with Crippen molar-refractivity contribution in [2.75, 3.05) is 0 Å². The van der Waals surface area contributed by atoms with Crippen LogP contribution in [0.4, 0.5) is 0 Å². The van der Waals surface area contributed by atoms with Crippen molar-refractivity contribution in [1.82, 2.24) is 0 Å². The SMILES string of the molecule is C[Si](C)(Cl)CCCC1=C(C2=[C]([Zr+2])CC=C2)CC=C1.[Cl-].[Cl-]. The van der Waals surface area contributed by atoms with Gasteiger partial charge in [-0.2, -0.15) is 0 Å². The van der Waals surface area contributed by atoms with Gasteiger partial charge >= 0.3 is 132 Å². The number of hydrogen-bond acceptors (Lipinski definition) is 0. The first-order valence-electron chi connectivity index (χ1n) is 6.66. The fourth-order valence-electron chi connectivity index (χ4n) is 2.55. The molecule has 2 aliphatic rings. The predicted octanol–water partition coefficient (Wildman–Crippen LogP) is -0.764. The van der Waals surface area contributed by atoms with E-state index in [0.717, 1.165) is 6.42 Å².